The van der Waals surface area contributed by atoms with E-state index in [1.807, 2.05) is 20.8 Å². The van der Waals surface area contributed by atoms with Crippen LogP contribution in [-0.2, 0) is 9.53 Å². The lowest BCUT2D eigenvalue weighted by Crippen LogP contribution is -2.28. The van der Waals surface area contributed by atoms with Crippen LogP contribution < -0.4 is 11.1 Å². The third-order valence-corrected chi connectivity index (χ3v) is 2.95. The molecule has 0 radical (unpaired) electrons. The maximum Gasteiger partial charge on any atom is 0.227 e. The second-order valence-corrected chi connectivity index (χ2v) is 4.62. The first kappa shape index (κ1) is 17.9. The molecule has 1 rings (SSSR count). The van der Waals surface area contributed by atoms with Crippen molar-refractivity contribution in [3.8, 4) is 0 Å². The lowest BCUT2D eigenvalue weighted by Gasteiger charge is -2.15. The summed E-state index contributed by atoms with van der Waals surface area (Å²) in [6.45, 7) is 6.37. The lowest BCUT2D eigenvalue weighted by atomic mass is 10.0. The Hall–Kier alpha value is -1.10. The molecule has 1 unspecified atom stereocenters. The summed E-state index contributed by atoms with van der Waals surface area (Å²) in [5.41, 5.74) is 9.72. The summed E-state index contributed by atoms with van der Waals surface area (Å²) in [6.07, 6.45) is 0.0517. The number of nitrogens with two attached hydrogens (primary N) is 1. The van der Waals surface area contributed by atoms with Crippen molar-refractivity contribution in [2.45, 2.75) is 33.3 Å². The van der Waals surface area contributed by atoms with Crippen molar-refractivity contribution in [2.75, 3.05) is 19.0 Å². The van der Waals surface area contributed by atoms with E-state index < -0.39 is 0 Å². The molecule has 5 heteroatoms. The van der Waals surface area contributed by atoms with E-state index >= 15 is 0 Å². The Morgan fingerprint density at radius 1 is 1.32 bits per heavy atom. The summed E-state index contributed by atoms with van der Waals surface area (Å²) in [4.78, 5) is 11.9. The second kappa shape index (κ2) is 8.15. The van der Waals surface area contributed by atoms with Gasteiger partial charge in [0.15, 0.2) is 0 Å². The van der Waals surface area contributed by atoms with E-state index in [1.54, 1.807) is 7.11 Å². The van der Waals surface area contributed by atoms with E-state index in [4.69, 9.17) is 10.5 Å². The van der Waals surface area contributed by atoms with Crippen molar-refractivity contribution in [1.82, 2.24) is 0 Å². The van der Waals surface area contributed by atoms with Crippen LogP contribution in [0.3, 0.4) is 0 Å². The van der Waals surface area contributed by atoms with Crippen LogP contribution in [0.15, 0.2) is 12.1 Å². The quantitative estimate of drug-likeness (QED) is 0.873. The Morgan fingerprint density at radius 2 is 1.84 bits per heavy atom. The molecule has 0 aliphatic rings. The van der Waals surface area contributed by atoms with Crippen LogP contribution in [0.25, 0.3) is 0 Å². The number of ether oxygens (including phenoxy) is 1. The number of carbonyl (C=O) groups is 1. The van der Waals surface area contributed by atoms with Gasteiger partial charge in [-0.1, -0.05) is 17.7 Å². The molecular weight excluding hydrogens is 264 g/mol. The fourth-order valence-electron chi connectivity index (χ4n) is 2.04. The van der Waals surface area contributed by atoms with Gasteiger partial charge in [0.1, 0.15) is 0 Å². The summed E-state index contributed by atoms with van der Waals surface area (Å²) in [5, 5.41) is 2.93. The molecule has 3 N–H and O–H groups in total. The maximum absolute atomic E-state index is 11.9. The zero-order valence-corrected chi connectivity index (χ0v) is 12.8. The summed E-state index contributed by atoms with van der Waals surface area (Å²) in [5.74, 6) is -0.0673. The Kier molecular flexibility index (Phi) is 7.68. The molecule has 1 atom stereocenters. The zero-order valence-electron chi connectivity index (χ0n) is 11.9. The number of anilines is 1. The summed E-state index contributed by atoms with van der Waals surface area (Å²) >= 11 is 0. The van der Waals surface area contributed by atoms with Crippen molar-refractivity contribution in [2.24, 2.45) is 5.73 Å². The molecule has 108 valence electrons. The van der Waals surface area contributed by atoms with Crippen molar-refractivity contribution >= 4 is 24.0 Å². The fraction of sp³-hybridized carbons (Fsp3) is 0.500. The van der Waals surface area contributed by atoms with E-state index in [1.165, 1.54) is 5.56 Å². The predicted molar refractivity (Wildman–Crippen MR) is 81.0 cm³/mol. The maximum atomic E-state index is 11.9. The Labute approximate surface area is 121 Å². The van der Waals surface area contributed by atoms with Crippen molar-refractivity contribution in [3.63, 3.8) is 0 Å². The van der Waals surface area contributed by atoms with Gasteiger partial charge in [-0.3, -0.25) is 4.79 Å². The SMILES string of the molecule is COC(CN)CC(=O)Nc1c(C)cc(C)cc1C.Cl. The smallest absolute Gasteiger partial charge is 0.227 e. The lowest BCUT2D eigenvalue weighted by molar-refractivity contribution is -0.118. The third kappa shape index (κ3) is 5.19. The van der Waals surface area contributed by atoms with E-state index in [-0.39, 0.29) is 30.8 Å². The van der Waals surface area contributed by atoms with Gasteiger partial charge >= 0.3 is 0 Å². The average Bonchev–Trinajstić information content (AvgIpc) is 2.30. The van der Waals surface area contributed by atoms with Gasteiger partial charge in [-0.25, -0.2) is 0 Å². The molecule has 0 aliphatic carbocycles. The number of benzene rings is 1. The molecule has 0 heterocycles. The summed E-state index contributed by atoms with van der Waals surface area (Å²) in [6, 6.07) is 4.11. The van der Waals surface area contributed by atoms with Crippen LogP contribution in [0, 0.1) is 20.8 Å². The van der Waals surface area contributed by atoms with Crippen LogP contribution in [0.1, 0.15) is 23.1 Å². The minimum Gasteiger partial charge on any atom is -0.380 e. The molecule has 0 spiro atoms. The number of methoxy groups -OCH3 is 1. The van der Waals surface area contributed by atoms with Gasteiger partial charge in [-0.15, -0.1) is 12.4 Å². The van der Waals surface area contributed by atoms with E-state index in [2.05, 4.69) is 17.4 Å². The summed E-state index contributed by atoms with van der Waals surface area (Å²) in [7, 11) is 1.56. The molecular formula is C14H23ClN2O2. The Bertz CT molecular complexity index is 408. The molecule has 0 bridgehead atoms. The average molecular weight is 287 g/mol. The second-order valence-electron chi connectivity index (χ2n) is 4.62. The highest BCUT2D eigenvalue weighted by Gasteiger charge is 2.13. The highest BCUT2D eigenvalue weighted by atomic mass is 35.5. The number of halogens is 1. The minimum absolute atomic E-state index is 0. The number of hydrogen-bond acceptors (Lipinski definition) is 3. The molecule has 0 aromatic heterocycles. The van der Waals surface area contributed by atoms with Crippen molar-refractivity contribution < 1.29 is 9.53 Å². The minimum atomic E-state index is -0.226. The monoisotopic (exact) mass is 286 g/mol. The number of hydrogen-bond donors (Lipinski definition) is 2. The number of carbonyl (C=O) groups excluding carboxylic acids is 1. The van der Waals surface area contributed by atoms with Gasteiger partial charge in [0, 0.05) is 19.3 Å². The topological polar surface area (TPSA) is 64.3 Å². The summed E-state index contributed by atoms with van der Waals surface area (Å²) < 4.78 is 5.10. The molecule has 4 nitrogen and oxygen atoms in total. The number of nitrogens with one attached hydrogen (secondary N) is 1. The first-order chi connectivity index (χ1) is 8.47. The molecule has 0 aliphatic heterocycles. The molecule has 1 aromatic carbocycles. The Balaban J connectivity index is 0.00000324. The molecule has 0 fully saturated rings. The normalized spacial score (nSPS) is 11.6. The number of amides is 1. The third-order valence-electron chi connectivity index (χ3n) is 2.95. The van der Waals surface area contributed by atoms with Crippen LogP contribution >= 0.6 is 12.4 Å². The van der Waals surface area contributed by atoms with Gasteiger partial charge in [-0.2, -0.15) is 0 Å². The van der Waals surface area contributed by atoms with Crippen molar-refractivity contribution in [3.05, 3.63) is 28.8 Å². The largest absolute Gasteiger partial charge is 0.380 e. The zero-order chi connectivity index (χ0) is 13.7. The fourth-order valence-corrected chi connectivity index (χ4v) is 2.04. The van der Waals surface area contributed by atoms with Crippen LogP contribution in [0.2, 0.25) is 0 Å². The van der Waals surface area contributed by atoms with E-state index in [0.717, 1.165) is 16.8 Å². The first-order valence-corrected chi connectivity index (χ1v) is 6.08. The predicted octanol–water partition coefficient (Wildman–Crippen LogP) is 2.34. The molecule has 0 saturated carbocycles. The van der Waals surface area contributed by atoms with Gasteiger partial charge in [0.2, 0.25) is 5.91 Å². The van der Waals surface area contributed by atoms with Crippen LogP contribution in [-0.4, -0.2) is 25.7 Å². The highest BCUT2D eigenvalue weighted by Crippen LogP contribution is 2.22. The van der Waals surface area contributed by atoms with E-state index in [0.29, 0.717) is 6.54 Å². The van der Waals surface area contributed by atoms with Gasteiger partial charge < -0.3 is 15.8 Å². The number of rotatable bonds is 5. The van der Waals surface area contributed by atoms with Crippen LogP contribution in [0.4, 0.5) is 5.69 Å². The first-order valence-electron chi connectivity index (χ1n) is 6.08. The molecule has 1 aromatic rings. The van der Waals surface area contributed by atoms with Gasteiger partial charge in [0.05, 0.1) is 12.5 Å². The standard InChI is InChI=1S/C14H22N2O2.ClH/c1-9-5-10(2)14(11(3)6-9)16-13(17)7-12(8-15)18-4;/h5-6,12H,7-8,15H2,1-4H3,(H,16,17);1H. The highest BCUT2D eigenvalue weighted by molar-refractivity contribution is 5.92. The van der Waals surface area contributed by atoms with Crippen molar-refractivity contribution in [1.29, 1.82) is 0 Å². The van der Waals surface area contributed by atoms with E-state index in [9.17, 15) is 4.79 Å². The van der Waals surface area contributed by atoms with Gasteiger partial charge in [0.25, 0.3) is 0 Å². The van der Waals surface area contributed by atoms with Crippen LogP contribution in [0.5, 0.6) is 0 Å². The molecule has 1 amide bonds. The Morgan fingerprint density at radius 3 is 2.26 bits per heavy atom. The number of aryl methyl sites for hydroxylation is 3. The van der Waals surface area contributed by atoms with Gasteiger partial charge in [-0.05, 0) is 31.9 Å². The molecule has 0 saturated heterocycles. The molecule has 19 heavy (non-hydrogen) atoms.